The predicted molar refractivity (Wildman–Crippen MR) is 117 cm³/mol. The Bertz CT molecular complexity index is 891. The number of carboxylic acid groups (broad SMARTS) is 1. The van der Waals surface area contributed by atoms with Crippen LogP contribution in [0.4, 0.5) is 0 Å². The number of hydrogen-bond acceptors (Lipinski definition) is 6. The van der Waals surface area contributed by atoms with Gasteiger partial charge >= 0.3 is 5.97 Å². The Morgan fingerprint density at radius 2 is 2.07 bits per heavy atom. The van der Waals surface area contributed by atoms with Crippen molar-refractivity contribution >= 4 is 40.7 Å². The number of nitrogens with two attached hydrogens (primary N) is 1. The molecule has 0 bridgehead atoms. The first-order valence-electron chi connectivity index (χ1n) is 8.79. The first-order valence-corrected chi connectivity index (χ1v) is 10.2. The topological polar surface area (TPSA) is 107 Å². The van der Waals surface area contributed by atoms with Crippen LogP contribution in [-0.2, 0) is 10.5 Å². The fraction of sp³-hybridized carbons (Fsp3) is 0.250. The molecule has 0 fully saturated rings. The number of nitrogens with zero attached hydrogens (tertiary/aromatic N) is 2. The maximum Gasteiger partial charge on any atom is 0.344 e. The first-order chi connectivity index (χ1) is 13.9. The van der Waals surface area contributed by atoms with Gasteiger partial charge in [-0.2, -0.15) is 5.10 Å². The summed E-state index contributed by atoms with van der Waals surface area (Å²) in [6, 6.07) is 13.1. The van der Waals surface area contributed by atoms with E-state index in [1.807, 2.05) is 30.3 Å². The molecule has 0 amide bonds. The van der Waals surface area contributed by atoms with Gasteiger partial charge in [-0.05, 0) is 31.5 Å². The molecule has 154 valence electrons. The molecule has 3 N–H and O–H groups in total. The molecular weight excluding hydrogens is 414 g/mol. The van der Waals surface area contributed by atoms with E-state index in [0.717, 1.165) is 5.56 Å². The quantitative estimate of drug-likeness (QED) is 0.347. The van der Waals surface area contributed by atoms with E-state index in [1.54, 1.807) is 19.1 Å². The van der Waals surface area contributed by atoms with Gasteiger partial charge in [0, 0.05) is 11.3 Å². The number of carbonyl (C=O) groups is 1. The number of hydrogen-bond donors (Lipinski definition) is 2. The third kappa shape index (κ3) is 7.32. The van der Waals surface area contributed by atoms with E-state index < -0.39 is 12.1 Å². The van der Waals surface area contributed by atoms with Crippen LogP contribution in [0.1, 0.15) is 25.0 Å². The van der Waals surface area contributed by atoms with Crippen LogP contribution in [0.25, 0.3) is 0 Å². The average Bonchev–Trinajstić information content (AvgIpc) is 2.69. The highest BCUT2D eigenvalue weighted by Gasteiger charge is 2.19. The van der Waals surface area contributed by atoms with Gasteiger partial charge in [-0.15, -0.1) is 5.10 Å². The maximum atomic E-state index is 11.0. The Hall–Kier alpha value is -2.71. The fourth-order valence-corrected chi connectivity index (χ4v) is 3.06. The summed E-state index contributed by atoms with van der Waals surface area (Å²) in [5.74, 6) is 0.0821. The van der Waals surface area contributed by atoms with Gasteiger partial charge in [0.15, 0.2) is 22.8 Å². The summed E-state index contributed by atoms with van der Waals surface area (Å²) in [6.45, 7) is 3.57. The van der Waals surface area contributed by atoms with Crippen molar-refractivity contribution in [1.82, 2.24) is 0 Å². The van der Waals surface area contributed by atoms with E-state index in [1.165, 1.54) is 24.9 Å². The van der Waals surface area contributed by atoms with Gasteiger partial charge in [0.25, 0.3) is 0 Å². The molecule has 9 heteroatoms. The zero-order valence-corrected chi connectivity index (χ0v) is 17.6. The lowest BCUT2D eigenvalue weighted by Crippen LogP contribution is -2.23. The zero-order valence-electron chi connectivity index (χ0n) is 16.0. The molecule has 0 saturated carbocycles. The molecule has 1 unspecified atom stereocenters. The van der Waals surface area contributed by atoms with E-state index in [4.69, 9.17) is 31.9 Å². The first kappa shape index (κ1) is 22.6. The highest BCUT2D eigenvalue weighted by Crippen LogP contribution is 2.37. The van der Waals surface area contributed by atoms with Crippen LogP contribution < -0.4 is 15.2 Å². The Kier molecular flexibility index (Phi) is 8.82. The van der Waals surface area contributed by atoms with Crippen molar-refractivity contribution in [3.63, 3.8) is 0 Å². The standard InChI is InChI=1S/C20H22ClN3O4S/c1-3-27-17-10-15(9-16(21)18(17)28-13(2)19(25)26)11-23-24-20(22)29-12-14-7-5-4-6-8-14/h4-11,13H,3,12H2,1-2H3,(H2,22,24)(H,25,26). The largest absolute Gasteiger partial charge is 0.490 e. The monoisotopic (exact) mass is 435 g/mol. The fourth-order valence-electron chi connectivity index (χ4n) is 2.18. The van der Waals surface area contributed by atoms with Crippen molar-refractivity contribution in [1.29, 1.82) is 0 Å². The smallest absolute Gasteiger partial charge is 0.344 e. The van der Waals surface area contributed by atoms with Crippen LogP contribution in [0.5, 0.6) is 11.5 Å². The van der Waals surface area contributed by atoms with Gasteiger partial charge in [0.05, 0.1) is 17.8 Å². The molecular formula is C20H22ClN3O4S. The predicted octanol–water partition coefficient (Wildman–Crippen LogP) is 4.17. The molecule has 7 nitrogen and oxygen atoms in total. The van der Waals surface area contributed by atoms with Crippen molar-refractivity contribution in [3.8, 4) is 11.5 Å². The molecule has 0 aliphatic heterocycles. The maximum absolute atomic E-state index is 11.0. The molecule has 0 aliphatic carbocycles. The van der Waals surface area contributed by atoms with E-state index in [2.05, 4.69) is 10.2 Å². The van der Waals surface area contributed by atoms with Gasteiger partial charge in [0.2, 0.25) is 0 Å². The lowest BCUT2D eigenvalue weighted by atomic mass is 10.2. The summed E-state index contributed by atoms with van der Waals surface area (Å²) in [7, 11) is 0. The highest BCUT2D eigenvalue weighted by molar-refractivity contribution is 8.13. The molecule has 0 aliphatic rings. The molecule has 29 heavy (non-hydrogen) atoms. The normalized spacial score (nSPS) is 12.7. The number of aliphatic carboxylic acids is 1. The lowest BCUT2D eigenvalue weighted by Gasteiger charge is -2.16. The van der Waals surface area contributed by atoms with Crippen LogP contribution in [0.3, 0.4) is 0 Å². The second kappa shape index (κ2) is 11.3. The molecule has 0 aromatic heterocycles. The minimum atomic E-state index is -1.10. The molecule has 0 saturated heterocycles. The number of ether oxygens (including phenoxy) is 2. The van der Waals surface area contributed by atoms with E-state index in [9.17, 15) is 4.79 Å². The van der Waals surface area contributed by atoms with Gasteiger partial charge < -0.3 is 20.3 Å². The Morgan fingerprint density at radius 1 is 1.34 bits per heavy atom. The Labute approximate surface area is 178 Å². The number of amidine groups is 1. The molecule has 0 radical (unpaired) electrons. The van der Waals surface area contributed by atoms with Gasteiger partial charge in [-0.3, -0.25) is 0 Å². The van der Waals surface area contributed by atoms with Crippen molar-refractivity contribution in [2.45, 2.75) is 25.7 Å². The van der Waals surface area contributed by atoms with Gasteiger partial charge in [0.1, 0.15) is 0 Å². The highest BCUT2D eigenvalue weighted by atomic mass is 35.5. The summed E-state index contributed by atoms with van der Waals surface area (Å²) < 4.78 is 10.9. The van der Waals surface area contributed by atoms with Crippen molar-refractivity contribution in [2.75, 3.05) is 6.61 Å². The van der Waals surface area contributed by atoms with Crippen LogP contribution in [0.2, 0.25) is 5.02 Å². The van der Waals surface area contributed by atoms with Crippen LogP contribution in [0.15, 0.2) is 52.7 Å². The summed E-state index contributed by atoms with van der Waals surface area (Å²) in [6.07, 6.45) is 0.409. The van der Waals surface area contributed by atoms with Crippen LogP contribution in [-0.4, -0.2) is 35.2 Å². The second-order valence-corrected chi connectivity index (χ2v) is 7.22. The lowest BCUT2D eigenvalue weighted by molar-refractivity contribution is -0.144. The molecule has 1 atom stereocenters. The van der Waals surface area contributed by atoms with Crippen LogP contribution in [0, 0.1) is 0 Å². The number of rotatable bonds is 9. The summed E-state index contributed by atoms with van der Waals surface area (Å²) in [4.78, 5) is 11.0. The molecule has 2 aromatic rings. The van der Waals surface area contributed by atoms with E-state index >= 15 is 0 Å². The third-order valence-electron chi connectivity index (χ3n) is 3.57. The van der Waals surface area contributed by atoms with Crippen LogP contribution >= 0.6 is 23.4 Å². The molecule has 2 rings (SSSR count). The van der Waals surface area contributed by atoms with Gasteiger partial charge in [-0.25, -0.2) is 4.79 Å². The van der Waals surface area contributed by atoms with E-state index in [0.29, 0.717) is 28.8 Å². The summed E-state index contributed by atoms with van der Waals surface area (Å²) in [5.41, 5.74) is 7.62. The Balaban J connectivity index is 2.10. The Morgan fingerprint density at radius 3 is 2.72 bits per heavy atom. The number of carboxylic acids is 1. The minimum Gasteiger partial charge on any atom is -0.490 e. The van der Waals surface area contributed by atoms with Crippen molar-refractivity contribution in [2.24, 2.45) is 15.9 Å². The molecule has 0 spiro atoms. The van der Waals surface area contributed by atoms with E-state index in [-0.39, 0.29) is 10.8 Å². The van der Waals surface area contributed by atoms with Gasteiger partial charge in [-0.1, -0.05) is 53.7 Å². The zero-order chi connectivity index (χ0) is 21.2. The van der Waals surface area contributed by atoms with Crippen molar-refractivity contribution < 1.29 is 19.4 Å². The average molecular weight is 436 g/mol. The summed E-state index contributed by atoms with van der Waals surface area (Å²) >= 11 is 7.63. The molecule has 0 heterocycles. The number of halogens is 1. The minimum absolute atomic E-state index is 0.169. The number of benzene rings is 2. The third-order valence-corrected chi connectivity index (χ3v) is 4.70. The summed E-state index contributed by atoms with van der Waals surface area (Å²) in [5, 5.41) is 17.5. The van der Waals surface area contributed by atoms with Crippen molar-refractivity contribution in [3.05, 3.63) is 58.6 Å². The second-order valence-electron chi connectivity index (χ2n) is 5.82. The SMILES string of the molecule is CCOc1cc(C=NN=C(N)SCc2ccccc2)cc(Cl)c1OC(C)C(=O)O. The number of thioether (sulfide) groups is 1. The molecule has 2 aromatic carbocycles.